The van der Waals surface area contributed by atoms with Gasteiger partial charge in [0.05, 0.1) is 11.5 Å². The minimum Gasteiger partial charge on any atom is -0.383 e. The Bertz CT molecular complexity index is 810. The van der Waals surface area contributed by atoms with Crippen LogP contribution in [-0.2, 0) is 27.7 Å². The van der Waals surface area contributed by atoms with E-state index in [0.717, 1.165) is 37.3 Å². The lowest BCUT2D eigenvalue weighted by molar-refractivity contribution is 0.184. The average Bonchev–Trinajstić information content (AvgIpc) is 3.00. The van der Waals surface area contributed by atoms with Crippen molar-refractivity contribution in [3.8, 4) is 0 Å². The number of nitrogens with zero attached hydrogens (tertiary/aromatic N) is 3. The van der Waals surface area contributed by atoms with Crippen molar-refractivity contribution in [2.45, 2.75) is 37.6 Å². The third-order valence-corrected chi connectivity index (χ3v) is 7.00. The van der Waals surface area contributed by atoms with Gasteiger partial charge in [-0.1, -0.05) is 18.2 Å². The summed E-state index contributed by atoms with van der Waals surface area (Å²) in [6, 6.07) is 8.69. The molecule has 0 saturated carbocycles. The number of benzene rings is 1. The SMILES string of the molecule is COCCn1c(C)cnc1CC1CCN(S(=O)(=O)c2ccccc2)CC1. The van der Waals surface area contributed by atoms with Crippen LogP contribution in [0.5, 0.6) is 0 Å². The van der Waals surface area contributed by atoms with Crippen molar-refractivity contribution in [3.63, 3.8) is 0 Å². The highest BCUT2D eigenvalue weighted by atomic mass is 32.2. The zero-order valence-corrected chi connectivity index (χ0v) is 16.3. The molecule has 0 spiro atoms. The maximum absolute atomic E-state index is 12.7. The second kappa shape index (κ2) is 8.33. The Hall–Kier alpha value is -1.70. The first kappa shape index (κ1) is 19.1. The van der Waals surface area contributed by atoms with Crippen molar-refractivity contribution in [2.24, 2.45) is 5.92 Å². The molecule has 2 aromatic rings. The van der Waals surface area contributed by atoms with Gasteiger partial charge in [0.1, 0.15) is 5.82 Å². The molecule has 1 aliphatic rings. The minimum atomic E-state index is -3.38. The van der Waals surface area contributed by atoms with Gasteiger partial charge in [0.15, 0.2) is 0 Å². The van der Waals surface area contributed by atoms with E-state index in [2.05, 4.69) is 16.5 Å². The largest absolute Gasteiger partial charge is 0.383 e. The third-order valence-electron chi connectivity index (χ3n) is 5.08. The molecular formula is C19H27N3O3S. The lowest BCUT2D eigenvalue weighted by Crippen LogP contribution is -2.39. The molecule has 0 aliphatic carbocycles. The number of hydrogen-bond acceptors (Lipinski definition) is 4. The maximum atomic E-state index is 12.7. The molecule has 2 heterocycles. The van der Waals surface area contributed by atoms with E-state index in [1.54, 1.807) is 35.7 Å². The molecule has 26 heavy (non-hydrogen) atoms. The van der Waals surface area contributed by atoms with Crippen molar-refractivity contribution >= 4 is 10.0 Å². The van der Waals surface area contributed by atoms with Crippen molar-refractivity contribution in [2.75, 3.05) is 26.8 Å². The fraction of sp³-hybridized carbons (Fsp3) is 0.526. The third kappa shape index (κ3) is 4.16. The molecule has 1 aromatic heterocycles. The summed E-state index contributed by atoms with van der Waals surface area (Å²) >= 11 is 0. The second-order valence-corrected chi connectivity index (χ2v) is 8.76. The quantitative estimate of drug-likeness (QED) is 0.744. The molecular weight excluding hydrogens is 350 g/mol. The normalized spacial score (nSPS) is 16.8. The van der Waals surface area contributed by atoms with Crippen molar-refractivity contribution in [1.82, 2.24) is 13.9 Å². The van der Waals surface area contributed by atoms with Crippen LogP contribution in [0, 0.1) is 12.8 Å². The molecule has 142 valence electrons. The number of piperidine rings is 1. The van der Waals surface area contributed by atoms with Crippen molar-refractivity contribution in [3.05, 3.63) is 48.0 Å². The molecule has 6 nitrogen and oxygen atoms in total. The number of hydrogen-bond donors (Lipinski definition) is 0. The Labute approximate surface area is 155 Å². The molecule has 1 fully saturated rings. The first-order chi connectivity index (χ1) is 12.5. The van der Waals surface area contributed by atoms with Crippen molar-refractivity contribution < 1.29 is 13.2 Å². The fourth-order valence-electron chi connectivity index (χ4n) is 3.52. The summed E-state index contributed by atoms with van der Waals surface area (Å²) in [6.45, 7) is 4.66. The zero-order chi connectivity index (χ0) is 18.6. The summed E-state index contributed by atoms with van der Waals surface area (Å²) in [4.78, 5) is 4.93. The molecule has 0 amide bonds. The molecule has 1 aromatic carbocycles. The molecule has 0 unspecified atom stereocenters. The highest BCUT2D eigenvalue weighted by molar-refractivity contribution is 7.89. The lowest BCUT2D eigenvalue weighted by atomic mass is 9.94. The van der Waals surface area contributed by atoms with Crippen LogP contribution in [-0.4, -0.2) is 49.1 Å². The summed E-state index contributed by atoms with van der Waals surface area (Å²) < 4.78 is 34.5. The summed E-state index contributed by atoms with van der Waals surface area (Å²) in [6.07, 6.45) is 4.52. The van der Waals surface area contributed by atoms with Gasteiger partial charge in [-0.25, -0.2) is 13.4 Å². The monoisotopic (exact) mass is 377 g/mol. The molecule has 3 rings (SSSR count). The Balaban J connectivity index is 1.61. The van der Waals surface area contributed by atoms with Crippen LogP contribution in [0.3, 0.4) is 0 Å². The van der Waals surface area contributed by atoms with E-state index in [1.165, 1.54) is 0 Å². The van der Waals surface area contributed by atoms with Gasteiger partial charge < -0.3 is 9.30 Å². The predicted octanol–water partition coefficient (Wildman–Crippen LogP) is 2.48. The molecule has 0 radical (unpaired) electrons. The summed E-state index contributed by atoms with van der Waals surface area (Å²) in [5, 5.41) is 0. The van der Waals surface area contributed by atoms with Gasteiger partial charge in [0.2, 0.25) is 10.0 Å². The van der Waals surface area contributed by atoms with Gasteiger partial charge in [-0.3, -0.25) is 0 Å². The van der Waals surface area contributed by atoms with E-state index in [4.69, 9.17) is 4.74 Å². The van der Waals surface area contributed by atoms with E-state index in [0.29, 0.717) is 30.5 Å². The average molecular weight is 378 g/mol. The van der Waals surface area contributed by atoms with Crippen LogP contribution >= 0.6 is 0 Å². The Kier molecular flexibility index (Phi) is 6.11. The van der Waals surface area contributed by atoms with E-state index in [-0.39, 0.29) is 0 Å². The summed E-state index contributed by atoms with van der Waals surface area (Å²) in [5.74, 6) is 1.53. The van der Waals surface area contributed by atoms with Crippen molar-refractivity contribution in [1.29, 1.82) is 0 Å². The Morgan fingerprint density at radius 2 is 1.88 bits per heavy atom. The molecule has 1 saturated heterocycles. The topological polar surface area (TPSA) is 64.4 Å². The highest BCUT2D eigenvalue weighted by Crippen LogP contribution is 2.26. The summed E-state index contributed by atoms with van der Waals surface area (Å²) in [7, 11) is -1.68. The van der Waals surface area contributed by atoms with Crippen LogP contribution in [0.25, 0.3) is 0 Å². The predicted molar refractivity (Wildman–Crippen MR) is 100 cm³/mol. The smallest absolute Gasteiger partial charge is 0.243 e. The van der Waals surface area contributed by atoms with Crippen LogP contribution in [0.1, 0.15) is 24.4 Å². The standard InChI is InChI=1S/C19H27N3O3S/c1-16-15-20-19(22(16)12-13-25-2)14-17-8-10-21(11-9-17)26(23,24)18-6-4-3-5-7-18/h3-7,15,17H,8-14H2,1-2H3. The molecule has 1 aliphatic heterocycles. The number of sulfonamides is 1. The Morgan fingerprint density at radius 3 is 2.54 bits per heavy atom. The van der Waals surface area contributed by atoms with Crippen LogP contribution in [0.4, 0.5) is 0 Å². The number of ether oxygens (including phenoxy) is 1. The molecule has 0 bridgehead atoms. The van der Waals surface area contributed by atoms with E-state index < -0.39 is 10.0 Å². The van der Waals surface area contributed by atoms with E-state index >= 15 is 0 Å². The summed E-state index contributed by atoms with van der Waals surface area (Å²) in [5.41, 5.74) is 1.14. The second-order valence-electron chi connectivity index (χ2n) is 6.82. The first-order valence-electron chi connectivity index (χ1n) is 9.07. The fourth-order valence-corrected chi connectivity index (χ4v) is 5.01. The number of aryl methyl sites for hydroxylation is 1. The van der Waals surface area contributed by atoms with Crippen LogP contribution in [0.15, 0.2) is 41.4 Å². The van der Waals surface area contributed by atoms with Crippen LogP contribution in [0.2, 0.25) is 0 Å². The number of methoxy groups -OCH3 is 1. The molecule has 7 heteroatoms. The van der Waals surface area contributed by atoms with Gasteiger partial charge in [0.25, 0.3) is 0 Å². The van der Waals surface area contributed by atoms with E-state index in [9.17, 15) is 8.42 Å². The number of rotatable bonds is 7. The number of aromatic nitrogens is 2. The maximum Gasteiger partial charge on any atom is 0.243 e. The van der Waals surface area contributed by atoms with Gasteiger partial charge >= 0.3 is 0 Å². The zero-order valence-electron chi connectivity index (χ0n) is 15.5. The molecule has 0 N–H and O–H groups in total. The van der Waals surface area contributed by atoms with Crippen LogP contribution < -0.4 is 0 Å². The number of imidazole rings is 1. The van der Waals surface area contributed by atoms with Gasteiger partial charge in [-0.15, -0.1) is 0 Å². The molecule has 0 atom stereocenters. The van der Waals surface area contributed by atoms with Gasteiger partial charge in [-0.05, 0) is 37.8 Å². The minimum absolute atomic E-state index is 0.379. The van der Waals surface area contributed by atoms with Gasteiger partial charge in [-0.2, -0.15) is 4.31 Å². The Morgan fingerprint density at radius 1 is 1.19 bits per heavy atom. The van der Waals surface area contributed by atoms with E-state index in [1.807, 2.05) is 12.3 Å². The highest BCUT2D eigenvalue weighted by Gasteiger charge is 2.29. The first-order valence-corrected chi connectivity index (χ1v) is 10.5. The lowest BCUT2D eigenvalue weighted by Gasteiger charge is -2.31. The van der Waals surface area contributed by atoms with Gasteiger partial charge in [0, 0.05) is 45.1 Å².